The van der Waals surface area contributed by atoms with Crippen LogP contribution in [0.1, 0.15) is 45.7 Å². The van der Waals surface area contributed by atoms with E-state index in [-0.39, 0.29) is 25.4 Å². The minimum absolute atomic E-state index is 0.0417. The van der Waals surface area contributed by atoms with Crippen LogP contribution in [0.3, 0.4) is 0 Å². The largest absolute Gasteiger partial charge is 0.481 e. The fraction of sp³-hybridized carbons (Fsp3) is 0.533. The van der Waals surface area contributed by atoms with Gasteiger partial charge in [0.1, 0.15) is 5.69 Å². The quantitative estimate of drug-likeness (QED) is 0.269. The van der Waals surface area contributed by atoms with Crippen molar-refractivity contribution in [2.24, 2.45) is 5.10 Å². The Hall–Kier alpha value is -2.16. The van der Waals surface area contributed by atoms with E-state index in [1.54, 1.807) is 6.92 Å². The van der Waals surface area contributed by atoms with Crippen molar-refractivity contribution in [1.82, 2.24) is 15.4 Å². The van der Waals surface area contributed by atoms with Crippen molar-refractivity contribution in [2.45, 2.75) is 44.8 Å². The van der Waals surface area contributed by atoms with Crippen LogP contribution in [-0.2, 0) is 9.59 Å². The molecule has 132 valence electrons. The molecule has 0 aromatic carbocycles. The monoisotopic (exact) mass is 354 g/mol. The van der Waals surface area contributed by atoms with E-state index in [2.05, 4.69) is 33.1 Å². The van der Waals surface area contributed by atoms with Crippen molar-refractivity contribution < 1.29 is 19.4 Å². The lowest BCUT2D eigenvalue weighted by atomic mass is 10.1. The molecule has 0 aliphatic heterocycles. The molecule has 9 heteroatoms. The lowest BCUT2D eigenvalue weighted by molar-refractivity contribution is -0.137. The van der Waals surface area contributed by atoms with Crippen LogP contribution >= 0.6 is 12.6 Å². The third kappa shape index (κ3) is 8.47. The lowest BCUT2D eigenvalue weighted by Crippen LogP contribution is -2.26. The molecule has 1 aromatic rings. The van der Waals surface area contributed by atoms with Crippen molar-refractivity contribution in [2.75, 3.05) is 6.61 Å². The Morgan fingerprint density at radius 1 is 1.38 bits per heavy atom. The Morgan fingerprint density at radius 2 is 2.08 bits per heavy atom. The van der Waals surface area contributed by atoms with Gasteiger partial charge in [-0.15, -0.1) is 0 Å². The summed E-state index contributed by atoms with van der Waals surface area (Å²) in [6.45, 7) is 5.63. The van der Waals surface area contributed by atoms with Crippen molar-refractivity contribution in [1.29, 1.82) is 0 Å². The predicted octanol–water partition coefficient (Wildman–Crippen LogP) is 1.66. The van der Waals surface area contributed by atoms with Gasteiger partial charge < -0.3 is 9.84 Å². The Balaban J connectivity index is 2.50. The van der Waals surface area contributed by atoms with Crippen molar-refractivity contribution in [3.05, 3.63) is 18.1 Å². The maximum atomic E-state index is 11.7. The van der Waals surface area contributed by atoms with E-state index in [0.29, 0.717) is 23.7 Å². The minimum atomic E-state index is -0.866. The molecule has 0 aliphatic carbocycles. The third-order valence-corrected chi connectivity index (χ3v) is 2.88. The number of amides is 1. The van der Waals surface area contributed by atoms with E-state index in [1.165, 1.54) is 12.4 Å². The molecular formula is C15H22N4O4S. The van der Waals surface area contributed by atoms with Crippen molar-refractivity contribution in [3.8, 4) is 5.88 Å². The number of nitrogens with one attached hydrogen (secondary N) is 1. The van der Waals surface area contributed by atoms with E-state index >= 15 is 0 Å². The second-order valence-corrected chi connectivity index (χ2v) is 7.02. The first-order valence-electron chi connectivity index (χ1n) is 7.40. The van der Waals surface area contributed by atoms with Crippen molar-refractivity contribution >= 4 is 30.2 Å². The van der Waals surface area contributed by atoms with Gasteiger partial charge in [-0.2, -0.15) is 17.7 Å². The molecule has 0 saturated heterocycles. The average Bonchev–Trinajstić information content (AvgIpc) is 2.48. The van der Waals surface area contributed by atoms with Gasteiger partial charge in [0.15, 0.2) is 0 Å². The van der Waals surface area contributed by atoms with Gasteiger partial charge in [-0.05, 0) is 13.3 Å². The second-order valence-electron chi connectivity index (χ2n) is 5.81. The molecule has 2 N–H and O–H groups in total. The fourth-order valence-electron chi connectivity index (χ4n) is 1.61. The summed E-state index contributed by atoms with van der Waals surface area (Å²) >= 11 is 4.29. The molecule has 1 rings (SSSR count). The van der Waals surface area contributed by atoms with Crippen LogP contribution < -0.4 is 10.2 Å². The van der Waals surface area contributed by atoms with E-state index in [4.69, 9.17) is 9.84 Å². The summed E-state index contributed by atoms with van der Waals surface area (Å²) in [5.41, 5.74) is 3.45. The highest BCUT2D eigenvalue weighted by Crippen LogP contribution is 2.16. The van der Waals surface area contributed by atoms with E-state index < -0.39 is 10.7 Å². The number of hydrogen-bond acceptors (Lipinski definition) is 7. The second kappa shape index (κ2) is 9.21. The zero-order chi connectivity index (χ0) is 18.2. The first-order valence-corrected chi connectivity index (χ1v) is 7.84. The van der Waals surface area contributed by atoms with Crippen LogP contribution in [0.5, 0.6) is 5.88 Å². The standard InChI is InChI=1S/C15H22N4O4S/c1-10(18-19-12(20)7-15(2,3)24)11-8-17-13(9-16-11)23-6-4-5-14(21)22/h8-9,24H,4-7H2,1-3H3,(H,19,20)(H,21,22). The first kappa shape index (κ1) is 19.9. The SMILES string of the molecule is CC(=NNC(=O)CC(C)(C)S)c1cnc(OCCCC(=O)O)cn1. The van der Waals surface area contributed by atoms with E-state index in [1.807, 2.05) is 13.8 Å². The van der Waals surface area contributed by atoms with Crippen LogP contribution in [0.4, 0.5) is 0 Å². The number of hydrogen-bond donors (Lipinski definition) is 3. The van der Waals surface area contributed by atoms with Crippen LogP contribution in [0, 0.1) is 0 Å². The molecule has 1 amide bonds. The van der Waals surface area contributed by atoms with E-state index in [9.17, 15) is 9.59 Å². The van der Waals surface area contributed by atoms with Gasteiger partial charge in [0.2, 0.25) is 11.8 Å². The van der Waals surface area contributed by atoms with Gasteiger partial charge in [0.05, 0.1) is 24.7 Å². The molecule has 0 radical (unpaired) electrons. The zero-order valence-electron chi connectivity index (χ0n) is 13.9. The van der Waals surface area contributed by atoms with Gasteiger partial charge >= 0.3 is 5.97 Å². The summed E-state index contributed by atoms with van der Waals surface area (Å²) in [5, 5.41) is 12.5. The molecular weight excluding hydrogens is 332 g/mol. The third-order valence-electron chi connectivity index (χ3n) is 2.73. The maximum Gasteiger partial charge on any atom is 0.303 e. The number of carboxylic acids is 1. The van der Waals surface area contributed by atoms with Crippen LogP contribution in [0.15, 0.2) is 17.5 Å². The number of ether oxygens (including phenoxy) is 1. The number of carbonyl (C=O) groups is 2. The first-order chi connectivity index (χ1) is 11.2. The molecule has 0 atom stereocenters. The van der Waals surface area contributed by atoms with E-state index in [0.717, 1.165) is 0 Å². The lowest BCUT2D eigenvalue weighted by Gasteiger charge is -2.15. The number of thiol groups is 1. The highest BCUT2D eigenvalue weighted by Gasteiger charge is 2.16. The molecule has 0 aliphatic rings. The average molecular weight is 354 g/mol. The number of nitrogens with zero attached hydrogens (tertiary/aromatic N) is 3. The number of hydrazone groups is 1. The van der Waals surface area contributed by atoms with Crippen LogP contribution in [0.2, 0.25) is 0 Å². The molecule has 24 heavy (non-hydrogen) atoms. The number of carboxylic acid groups (broad SMARTS) is 1. The molecule has 8 nitrogen and oxygen atoms in total. The fourth-order valence-corrected chi connectivity index (χ4v) is 1.76. The topological polar surface area (TPSA) is 114 Å². The summed E-state index contributed by atoms with van der Waals surface area (Å²) in [6, 6.07) is 0. The zero-order valence-corrected chi connectivity index (χ0v) is 14.8. The Kier molecular flexibility index (Phi) is 7.63. The molecule has 0 unspecified atom stereocenters. The number of rotatable bonds is 9. The molecule has 1 aromatic heterocycles. The Labute approximate surface area is 146 Å². The molecule has 1 heterocycles. The normalized spacial score (nSPS) is 11.9. The number of carbonyl (C=O) groups excluding carboxylic acids is 1. The summed E-state index contributed by atoms with van der Waals surface area (Å²) < 4.78 is 4.88. The number of aromatic nitrogens is 2. The van der Waals surface area contributed by atoms with Gasteiger partial charge in [0, 0.05) is 17.6 Å². The van der Waals surface area contributed by atoms with Gasteiger partial charge in [-0.1, -0.05) is 13.8 Å². The Bertz CT molecular complexity index is 596. The maximum absolute atomic E-state index is 11.7. The summed E-state index contributed by atoms with van der Waals surface area (Å²) in [4.78, 5) is 30.3. The highest BCUT2D eigenvalue weighted by atomic mass is 32.1. The van der Waals surface area contributed by atoms with Gasteiger partial charge in [-0.25, -0.2) is 15.4 Å². The predicted molar refractivity (Wildman–Crippen MR) is 92.4 cm³/mol. The number of aliphatic carboxylic acids is 1. The van der Waals surface area contributed by atoms with Gasteiger partial charge in [0.25, 0.3) is 0 Å². The van der Waals surface area contributed by atoms with Gasteiger partial charge in [-0.3, -0.25) is 9.59 Å². The molecule has 0 bridgehead atoms. The minimum Gasteiger partial charge on any atom is -0.481 e. The van der Waals surface area contributed by atoms with Crippen molar-refractivity contribution in [3.63, 3.8) is 0 Å². The molecule has 0 saturated carbocycles. The smallest absolute Gasteiger partial charge is 0.303 e. The van der Waals surface area contributed by atoms with Crippen LogP contribution in [0.25, 0.3) is 0 Å². The highest BCUT2D eigenvalue weighted by molar-refractivity contribution is 7.81. The summed E-state index contributed by atoms with van der Waals surface area (Å²) in [6.07, 6.45) is 3.57. The Morgan fingerprint density at radius 3 is 2.62 bits per heavy atom. The molecule has 0 fully saturated rings. The summed E-state index contributed by atoms with van der Waals surface area (Å²) in [7, 11) is 0. The summed E-state index contributed by atoms with van der Waals surface area (Å²) in [5.74, 6) is -0.797. The molecule has 0 spiro atoms. The van der Waals surface area contributed by atoms with Crippen LogP contribution in [-0.4, -0.2) is 44.0 Å².